The molecular weight excluding hydrogens is 338 g/mol. The van der Waals surface area contributed by atoms with Gasteiger partial charge in [-0.05, 0) is 6.92 Å². The van der Waals surface area contributed by atoms with E-state index in [0.29, 0.717) is 39.9 Å². The quantitative estimate of drug-likeness (QED) is 0.725. The molecule has 4 N–H and O–H groups in total. The molecule has 0 radical (unpaired) electrons. The van der Waals surface area contributed by atoms with E-state index in [1.807, 2.05) is 6.92 Å². The summed E-state index contributed by atoms with van der Waals surface area (Å²) >= 11 is 0. The Labute approximate surface area is 152 Å². The zero-order valence-electron chi connectivity index (χ0n) is 15.6. The first-order valence-electron chi connectivity index (χ1n) is 8.30. The van der Waals surface area contributed by atoms with Crippen LogP contribution in [0.15, 0.2) is 12.1 Å². The van der Waals surface area contributed by atoms with Crippen molar-refractivity contribution in [1.29, 1.82) is 0 Å². The van der Waals surface area contributed by atoms with Crippen LogP contribution in [0.2, 0.25) is 0 Å². The number of aliphatic hydroxyl groups is 2. The number of aromatic nitrogens is 2. The van der Waals surface area contributed by atoms with E-state index in [0.717, 1.165) is 0 Å². The van der Waals surface area contributed by atoms with E-state index in [2.05, 4.69) is 5.10 Å². The molecule has 8 heteroatoms. The van der Waals surface area contributed by atoms with E-state index in [1.165, 1.54) is 14.2 Å². The van der Waals surface area contributed by atoms with Crippen LogP contribution in [0.5, 0.6) is 17.2 Å². The smallest absolute Gasteiger partial charge is 0.129 e. The van der Waals surface area contributed by atoms with Crippen molar-refractivity contribution in [2.75, 3.05) is 27.1 Å². The molecule has 2 atom stereocenters. The van der Waals surface area contributed by atoms with E-state index in [-0.39, 0.29) is 0 Å². The highest BCUT2D eigenvalue weighted by Gasteiger charge is 2.54. The lowest BCUT2D eigenvalue weighted by molar-refractivity contribution is -0.0797. The molecule has 0 saturated heterocycles. The van der Waals surface area contributed by atoms with Crippen molar-refractivity contribution < 1.29 is 24.4 Å². The third-order valence-corrected chi connectivity index (χ3v) is 5.21. The minimum atomic E-state index is -0.855. The molecule has 1 heterocycles. The summed E-state index contributed by atoms with van der Waals surface area (Å²) in [6, 6.07) is 3.41. The monoisotopic (exact) mass is 363 g/mol. The van der Waals surface area contributed by atoms with E-state index in [1.54, 1.807) is 31.0 Å². The number of aryl methyl sites for hydroxylation is 2. The van der Waals surface area contributed by atoms with E-state index < -0.39 is 24.0 Å². The lowest BCUT2D eigenvalue weighted by Crippen LogP contribution is -2.52. The van der Waals surface area contributed by atoms with Crippen molar-refractivity contribution in [3.63, 3.8) is 0 Å². The fraction of sp³-hybridized carbons (Fsp3) is 0.500. The molecule has 142 valence electrons. The maximum Gasteiger partial charge on any atom is 0.129 e. The highest BCUT2D eigenvalue weighted by Crippen LogP contribution is 2.54. The van der Waals surface area contributed by atoms with Gasteiger partial charge >= 0.3 is 0 Å². The molecule has 3 rings (SSSR count). The highest BCUT2D eigenvalue weighted by atomic mass is 16.5. The van der Waals surface area contributed by atoms with Crippen molar-refractivity contribution in [3.05, 3.63) is 29.0 Å². The molecule has 2 unspecified atom stereocenters. The number of nitrogens with two attached hydrogens (primary N) is 1. The second-order valence-corrected chi connectivity index (χ2v) is 6.49. The van der Waals surface area contributed by atoms with Gasteiger partial charge in [-0.2, -0.15) is 5.10 Å². The number of methoxy groups -OCH3 is 3. The van der Waals surface area contributed by atoms with Crippen LogP contribution in [0.3, 0.4) is 0 Å². The Morgan fingerprint density at radius 2 is 1.46 bits per heavy atom. The zero-order valence-corrected chi connectivity index (χ0v) is 15.6. The summed E-state index contributed by atoms with van der Waals surface area (Å²) in [5.41, 5.74) is 8.06. The molecule has 8 nitrogen and oxygen atoms in total. The first-order valence-corrected chi connectivity index (χ1v) is 8.30. The fourth-order valence-electron chi connectivity index (χ4n) is 3.85. The Kier molecular flexibility index (Phi) is 4.72. The topological polar surface area (TPSA) is 112 Å². The van der Waals surface area contributed by atoms with Crippen LogP contribution in [-0.2, 0) is 7.05 Å². The number of rotatable bonds is 5. The number of hydrogen-bond acceptors (Lipinski definition) is 7. The van der Waals surface area contributed by atoms with Gasteiger partial charge in [0, 0.05) is 42.1 Å². The first-order chi connectivity index (χ1) is 12.3. The van der Waals surface area contributed by atoms with Crippen molar-refractivity contribution in [1.82, 2.24) is 9.78 Å². The van der Waals surface area contributed by atoms with Gasteiger partial charge in [0.15, 0.2) is 0 Å². The van der Waals surface area contributed by atoms with Crippen LogP contribution in [0, 0.1) is 6.92 Å². The van der Waals surface area contributed by atoms with Crippen LogP contribution in [-0.4, -0.2) is 53.5 Å². The van der Waals surface area contributed by atoms with E-state index in [9.17, 15) is 10.2 Å². The second kappa shape index (κ2) is 6.69. The van der Waals surface area contributed by atoms with Gasteiger partial charge in [0.05, 0.1) is 39.2 Å². The lowest BCUT2D eigenvalue weighted by Gasteiger charge is -2.47. The van der Waals surface area contributed by atoms with Crippen LogP contribution in [0.4, 0.5) is 5.82 Å². The van der Waals surface area contributed by atoms with E-state index >= 15 is 0 Å². The third-order valence-electron chi connectivity index (χ3n) is 5.21. The average Bonchev–Trinajstić information content (AvgIpc) is 2.88. The Balaban J connectivity index is 2.02. The molecule has 1 fully saturated rings. The van der Waals surface area contributed by atoms with Gasteiger partial charge in [-0.1, -0.05) is 0 Å². The van der Waals surface area contributed by atoms with Gasteiger partial charge in [0.2, 0.25) is 0 Å². The predicted octanol–water partition coefficient (Wildman–Crippen LogP) is 0.939. The molecule has 0 spiro atoms. The Hall–Kier alpha value is -2.45. The summed E-state index contributed by atoms with van der Waals surface area (Å²) in [5, 5.41) is 26.0. The summed E-state index contributed by atoms with van der Waals surface area (Å²) in [6.07, 6.45) is -1.71. The number of ether oxygens (including phenoxy) is 3. The Bertz CT molecular complexity index is 784. The Morgan fingerprint density at radius 3 is 1.85 bits per heavy atom. The molecule has 0 bridgehead atoms. The number of aliphatic hydroxyl groups excluding tert-OH is 2. The molecule has 26 heavy (non-hydrogen) atoms. The van der Waals surface area contributed by atoms with Gasteiger partial charge in [-0.25, -0.2) is 0 Å². The van der Waals surface area contributed by atoms with Gasteiger partial charge < -0.3 is 30.2 Å². The van der Waals surface area contributed by atoms with Crippen LogP contribution < -0.4 is 19.9 Å². The van der Waals surface area contributed by atoms with Crippen molar-refractivity contribution in [2.24, 2.45) is 7.05 Å². The minimum absolute atomic E-state index is 0.442. The number of hydrogen-bond donors (Lipinski definition) is 3. The number of nitrogen functional groups attached to an aromatic ring is 1. The molecule has 1 aromatic carbocycles. The zero-order chi connectivity index (χ0) is 19.2. The summed E-state index contributed by atoms with van der Waals surface area (Å²) in [6.45, 7) is 1.81. The molecule has 1 aliphatic rings. The maximum atomic E-state index is 10.9. The van der Waals surface area contributed by atoms with Gasteiger partial charge in [-0.3, -0.25) is 4.68 Å². The highest BCUT2D eigenvalue weighted by molar-refractivity contribution is 5.57. The number of anilines is 1. The standard InChI is InChI=1S/C18H25N3O5/c1-8-12(18(19)21(2)20-8)14-16(22)15(17(14)23)13-10(25-4)6-9(24-3)7-11(13)26-5/h6-7,14-17,22-23H,19H2,1-5H3. The molecule has 0 aliphatic heterocycles. The van der Waals surface area contributed by atoms with Crippen LogP contribution in [0.1, 0.15) is 28.7 Å². The maximum absolute atomic E-state index is 10.9. The molecule has 1 saturated carbocycles. The SMILES string of the molecule is COc1cc(OC)c(C2C(O)C(c3c(C)nn(C)c3N)C2O)c(OC)c1. The normalized spacial score (nSPS) is 24.9. The Morgan fingerprint density at radius 1 is 0.962 bits per heavy atom. The molecular formula is C18H25N3O5. The average molecular weight is 363 g/mol. The number of benzene rings is 1. The summed E-state index contributed by atoms with van der Waals surface area (Å²) < 4.78 is 17.7. The van der Waals surface area contributed by atoms with Gasteiger partial charge in [-0.15, -0.1) is 0 Å². The fourth-order valence-corrected chi connectivity index (χ4v) is 3.85. The molecule has 2 aromatic rings. The number of nitrogens with zero attached hydrogens (tertiary/aromatic N) is 2. The summed E-state index contributed by atoms with van der Waals surface area (Å²) in [4.78, 5) is 0. The van der Waals surface area contributed by atoms with Crippen LogP contribution in [0.25, 0.3) is 0 Å². The van der Waals surface area contributed by atoms with Crippen molar-refractivity contribution >= 4 is 5.82 Å². The summed E-state index contributed by atoms with van der Waals surface area (Å²) in [7, 11) is 6.33. The second-order valence-electron chi connectivity index (χ2n) is 6.49. The molecule has 0 amide bonds. The minimum Gasteiger partial charge on any atom is -0.496 e. The van der Waals surface area contributed by atoms with E-state index in [4.69, 9.17) is 19.9 Å². The summed E-state index contributed by atoms with van der Waals surface area (Å²) in [5.74, 6) is 0.879. The van der Waals surface area contributed by atoms with Gasteiger partial charge in [0.25, 0.3) is 0 Å². The predicted molar refractivity (Wildman–Crippen MR) is 96.0 cm³/mol. The largest absolute Gasteiger partial charge is 0.496 e. The van der Waals surface area contributed by atoms with Crippen molar-refractivity contribution in [2.45, 2.75) is 31.0 Å². The van der Waals surface area contributed by atoms with Gasteiger partial charge in [0.1, 0.15) is 23.1 Å². The lowest BCUT2D eigenvalue weighted by atomic mass is 9.62. The molecule has 1 aliphatic carbocycles. The van der Waals surface area contributed by atoms with Crippen molar-refractivity contribution in [3.8, 4) is 17.2 Å². The van der Waals surface area contributed by atoms with Crippen LogP contribution >= 0.6 is 0 Å². The molecule has 1 aromatic heterocycles. The first kappa shape index (κ1) is 18.3. The third kappa shape index (κ3) is 2.57.